The van der Waals surface area contributed by atoms with Crippen LogP contribution in [0.5, 0.6) is 0 Å². The molecule has 1 rings (SSSR count). The Balaban J connectivity index is 3.11. The first kappa shape index (κ1) is 14.7. The minimum absolute atomic E-state index is 0.0286. The van der Waals surface area contributed by atoms with Gasteiger partial charge in [0.25, 0.3) is 0 Å². The number of carboxylic acids is 1. The summed E-state index contributed by atoms with van der Waals surface area (Å²) >= 11 is 0. The normalized spacial score (nSPS) is 11.1. The number of benzene rings is 1. The molecule has 1 aromatic rings. The summed E-state index contributed by atoms with van der Waals surface area (Å²) in [6.45, 7) is 3.29. The van der Waals surface area contributed by atoms with Crippen molar-refractivity contribution in [1.29, 1.82) is 0 Å². The van der Waals surface area contributed by atoms with Gasteiger partial charge in [-0.05, 0) is 26.0 Å². The van der Waals surface area contributed by atoms with E-state index in [1.54, 1.807) is 13.8 Å². The minimum Gasteiger partial charge on any atom is -0.478 e. The monoisotopic (exact) mass is 269 g/mol. The number of carbonyl (C=O) groups excluding carboxylic acids is 1. The molecule has 0 aromatic heterocycles. The van der Waals surface area contributed by atoms with Crippen molar-refractivity contribution in [3.05, 3.63) is 23.5 Å². The number of amides is 1. The molecule has 0 aliphatic rings. The Hall–Kier alpha value is -2.31. The largest absolute Gasteiger partial charge is 0.478 e. The van der Waals surface area contributed by atoms with Gasteiger partial charge in [0.15, 0.2) is 0 Å². The van der Waals surface area contributed by atoms with E-state index in [0.717, 1.165) is 12.1 Å². The number of primary amides is 1. The number of nitrogens with one attached hydrogen (secondary N) is 1. The number of nitrogens with two attached hydrogens (primary N) is 2. The molecule has 0 fully saturated rings. The maximum absolute atomic E-state index is 13.7. The van der Waals surface area contributed by atoms with E-state index >= 15 is 0 Å². The smallest absolute Gasteiger partial charge is 0.337 e. The molecule has 1 aromatic carbocycles. The number of carboxylic acid groups (broad SMARTS) is 1. The number of nitrogen functional groups attached to an aromatic ring is 1. The number of hydrogen-bond acceptors (Lipinski definition) is 4. The Bertz CT molecular complexity index is 529. The Morgan fingerprint density at radius 2 is 2.00 bits per heavy atom. The van der Waals surface area contributed by atoms with Crippen LogP contribution in [0.25, 0.3) is 0 Å². The van der Waals surface area contributed by atoms with Gasteiger partial charge in [0, 0.05) is 17.6 Å². The molecule has 0 radical (unpaired) electrons. The standard InChI is InChI=1S/C12H16FN3O3/c1-12(2,5-10(15)17)16-9-3-6(11(18)19)8(14)4-7(9)13/h3-4,16H,5,14H2,1-2H3,(H2,15,17)(H,18,19). The fraction of sp³-hybridized carbons (Fsp3) is 0.333. The van der Waals surface area contributed by atoms with Gasteiger partial charge in [0.2, 0.25) is 5.91 Å². The third kappa shape index (κ3) is 3.84. The van der Waals surface area contributed by atoms with Crippen LogP contribution in [-0.4, -0.2) is 22.5 Å². The number of aromatic carboxylic acids is 1. The Labute approximate surface area is 109 Å². The van der Waals surface area contributed by atoms with Crippen LogP contribution in [0.4, 0.5) is 15.8 Å². The van der Waals surface area contributed by atoms with Crippen LogP contribution in [0, 0.1) is 5.82 Å². The van der Waals surface area contributed by atoms with E-state index in [1.165, 1.54) is 0 Å². The highest BCUT2D eigenvalue weighted by molar-refractivity contribution is 5.95. The quantitative estimate of drug-likeness (QED) is 0.598. The molecule has 19 heavy (non-hydrogen) atoms. The third-order valence-electron chi connectivity index (χ3n) is 2.46. The van der Waals surface area contributed by atoms with Crippen LogP contribution in [0.3, 0.4) is 0 Å². The average molecular weight is 269 g/mol. The topological polar surface area (TPSA) is 118 Å². The van der Waals surface area contributed by atoms with Crippen LogP contribution in [-0.2, 0) is 4.79 Å². The zero-order chi connectivity index (χ0) is 14.8. The van der Waals surface area contributed by atoms with E-state index in [2.05, 4.69) is 5.32 Å². The molecule has 0 unspecified atom stereocenters. The molecule has 0 atom stereocenters. The Kier molecular flexibility index (Phi) is 3.98. The molecule has 0 saturated carbocycles. The van der Waals surface area contributed by atoms with Crippen molar-refractivity contribution in [2.24, 2.45) is 5.73 Å². The number of anilines is 2. The van der Waals surface area contributed by atoms with Crippen molar-refractivity contribution >= 4 is 23.3 Å². The lowest BCUT2D eigenvalue weighted by Gasteiger charge is -2.26. The highest BCUT2D eigenvalue weighted by atomic mass is 19.1. The summed E-state index contributed by atoms with van der Waals surface area (Å²) in [5, 5.41) is 11.7. The summed E-state index contributed by atoms with van der Waals surface area (Å²) in [4.78, 5) is 21.8. The molecule has 104 valence electrons. The van der Waals surface area contributed by atoms with Gasteiger partial charge < -0.3 is 21.9 Å². The van der Waals surface area contributed by atoms with Crippen LogP contribution < -0.4 is 16.8 Å². The lowest BCUT2D eigenvalue weighted by atomic mass is 9.99. The van der Waals surface area contributed by atoms with Crippen molar-refractivity contribution < 1.29 is 19.1 Å². The molecule has 0 saturated heterocycles. The Morgan fingerprint density at radius 3 is 2.47 bits per heavy atom. The van der Waals surface area contributed by atoms with Crippen molar-refractivity contribution in [3.63, 3.8) is 0 Å². The van der Waals surface area contributed by atoms with E-state index in [4.69, 9.17) is 16.6 Å². The van der Waals surface area contributed by atoms with Crippen LogP contribution in [0.15, 0.2) is 12.1 Å². The zero-order valence-electron chi connectivity index (χ0n) is 10.7. The first-order chi connectivity index (χ1) is 8.62. The van der Waals surface area contributed by atoms with Gasteiger partial charge in [0.1, 0.15) is 5.82 Å². The molecule has 0 bridgehead atoms. The number of rotatable bonds is 5. The van der Waals surface area contributed by atoms with Gasteiger partial charge in [-0.3, -0.25) is 4.79 Å². The first-order valence-electron chi connectivity index (χ1n) is 5.51. The summed E-state index contributed by atoms with van der Waals surface area (Å²) < 4.78 is 13.7. The number of carbonyl (C=O) groups is 2. The SMILES string of the molecule is CC(C)(CC(N)=O)Nc1cc(C(=O)O)c(N)cc1F. The first-order valence-corrected chi connectivity index (χ1v) is 5.51. The predicted octanol–water partition coefficient (Wildman–Crippen LogP) is 1.17. The molecular formula is C12H16FN3O3. The zero-order valence-corrected chi connectivity index (χ0v) is 10.7. The number of hydrogen-bond donors (Lipinski definition) is 4. The van der Waals surface area contributed by atoms with E-state index in [9.17, 15) is 14.0 Å². The fourth-order valence-corrected chi connectivity index (χ4v) is 1.71. The molecule has 6 N–H and O–H groups in total. The second kappa shape index (κ2) is 5.13. The lowest BCUT2D eigenvalue weighted by molar-refractivity contribution is -0.118. The summed E-state index contributed by atoms with van der Waals surface area (Å²) in [5.41, 5.74) is 9.27. The number of halogens is 1. The maximum atomic E-state index is 13.7. The molecular weight excluding hydrogens is 253 g/mol. The second-order valence-electron chi connectivity index (χ2n) is 4.88. The second-order valence-corrected chi connectivity index (χ2v) is 4.88. The molecule has 0 aliphatic heterocycles. The van der Waals surface area contributed by atoms with E-state index < -0.39 is 23.2 Å². The molecule has 1 amide bonds. The summed E-state index contributed by atoms with van der Waals surface area (Å²) in [5.74, 6) is -2.50. The minimum atomic E-state index is -1.26. The van der Waals surface area contributed by atoms with Crippen LogP contribution in [0.2, 0.25) is 0 Å². The fourth-order valence-electron chi connectivity index (χ4n) is 1.71. The maximum Gasteiger partial charge on any atom is 0.337 e. The molecule has 6 nitrogen and oxygen atoms in total. The lowest BCUT2D eigenvalue weighted by Crippen LogP contribution is -2.36. The van der Waals surface area contributed by atoms with Gasteiger partial charge in [-0.2, -0.15) is 0 Å². The highest BCUT2D eigenvalue weighted by Gasteiger charge is 2.23. The molecule has 0 spiro atoms. The van der Waals surface area contributed by atoms with Gasteiger partial charge in [-0.1, -0.05) is 0 Å². The van der Waals surface area contributed by atoms with Gasteiger partial charge in [-0.15, -0.1) is 0 Å². The predicted molar refractivity (Wildman–Crippen MR) is 69.3 cm³/mol. The summed E-state index contributed by atoms with van der Waals surface area (Å²) in [6.07, 6.45) is -0.0286. The van der Waals surface area contributed by atoms with Crippen molar-refractivity contribution in [2.45, 2.75) is 25.8 Å². The van der Waals surface area contributed by atoms with Crippen molar-refractivity contribution in [1.82, 2.24) is 0 Å². The van der Waals surface area contributed by atoms with Crippen LogP contribution >= 0.6 is 0 Å². The van der Waals surface area contributed by atoms with Gasteiger partial charge in [0.05, 0.1) is 11.3 Å². The molecule has 0 aliphatic carbocycles. The highest BCUT2D eigenvalue weighted by Crippen LogP contribution is 2.26. The van der Waals surface area contributed by atoms with Gasteiger partial charge >= 0.3 is 5.97 Å². The van der Waals surface area contributed by atoms with E-state index in [1.807, 2.05) is 0 Å². The Morgan fingerprint density at radius 1 is 1.42 bits per heavy atom. The van der Waals surface area contributed by atoms with E-state index in [-0.39, 0.29) is 23.4 Å². The molecule has 0 heterocycles. The van der Waals surface area contributed by atoms with Crippen molar-refractivity contribution in [2.75, 3.05) is 11.1 Å². The summed E-state index contributed by atoms with van der Waals surface area (Å²) in [7, 11) is 0. The van der Waals surface area contributed by atoms with Crippen LogP contribution in [0.1, 0.15) is 30.6 Å². The average Bonchev–Trinajstić information content (AvgIpc) is 2.19. The summed E-state index contributed by atoms with van der Waals surface area (Å²) in [6, 6.07) is 2.02. The van der Waals surface area contributed by atoms with Crippen molar-refractivity contribution in [3.8, 4) is 0 Å². The third-order valence-corrected chi connectivity index (χ3v) is 2.46. The van der Waals surface area contributed by atoms with E-state index in [0.29, 0.717) is 0 Å². The van der Waals surface area contributed by atoms with Gasteiger partial charge in [-0.25, -0.2) is 9.18 Å². The molecule has 7 heteroatoms.